The highest BCUT2D eigenvalue weighted by Crippen LogP contribution is 2.18. The smallest absolute Gasteiger partial charge is 0.408 e. The minimum Gasteiger partial charge on any atom is -0.408 e. The van der Waals surface area contributed by atoms with Gasteiger partial charge in [0.25, 0.3) is 0 Å². The molecule has 0 aliphatic carbocycles. The molecule has 0 saturated heterocycles. The quantitative estimate of drug-likeness (QED) is 0.509. The SMILES string of the molecule is O=C(c1ccc(F)cc1)c1ccc2c(c1)oc(=O)n2CCc1ccncc1. The highest BCUT2D eigenvalue weighted by atomic mass is 19.1. The Morgan fingerprint density at radius 3 is 2.44 bits per heavy atom. The van der Waals surface area contributed by atoms with Crippen LogP contribution >= 0.6 is 0 Å². The lowest BCUT2D eigenvalue weighted by atomic mass is 10.0. The number of oxazole rings is 1. The molecule has 0 N–H and O–H groups in total. The second-order valence-electron chi connectivity index (χ2n) is 6.14. The molecule has 6 heteroatoms. The lowest BCUT2D eigenvalue weighted by Crippen LogP contribution is -2.15. The first-order chi connectivity index (χ1) is 13.1. The fraction of sp³-hybridized carbons (Fsp3) is 0.0952. The van der Waals surface area contributed by atoms with Crippen LogP contribution in [0.5, 0.6) is 0 Å². The number of halogens is 1. The number of aryl methyl sites for hydroxylation is 2. The van der Waals surface area contributed by atoms with Gasteiger partial charge in [-0.3, -0.25) is 14.3 Å². The van der Waals surface area contributed by atoms with E-state index in [0.717, 1.165) is 5.56 Å². The average molecular weight is 362 g/mol. The zero-order valence-electron chi connectivity index (χ0n) is 14.3. The summed E-state index contributed by atoms with van der Waals surface area (Å²) < 4.78 is 19.9. The molecule has 0 amide bonds. The molecule has 2 aromatic carbocycles. The van der Waals surface area contributed by atoms with Crippen LogP contribution in [-0.2, 0) is 13.0 Å². The maximum Gasteiger partial charge on any atom is 0.419 e. The summed E-state index contributed by atoms with van der Waals surface area (Å²) in [6, 6.07) is 14.0. The summed E-state index contributed by atoms with van der Waals surface area (Å²) in [4.78, 5) is 28.7. The second-order valence-corrected chi connectivity index (χ2v) is 6.14. The molecule has 4 rings (SSSR count). The molecule has 134 valence electrons. The van der Waals surface area contributed by atoms with Crippen LogP contribution in [0, 0.1) is 5.82 Å². The van der Waals surface area contributed by atoms with Crippen LogP contribution in [0.3, 0.4) is 0 Å². The van der Waals surface area contributed by atoms with Crippen molar-refractivity contribution in [3.8, 4) is 0 Å². The molecule has 0 fully saturated rings. The van der Waals surface area contributed by atoms with Gasteiger partial charge >= 0.3 is 5.76 Å². The molecular formula is C21H15FN2O3. The van der Waals surface area contributed by atoms with Gasteiger partial charge in [0.15, 0.2) is 11.4 Å². The van der Waals surface area contributed by atoms with Crippen molar-refractivity contribution in [2.45, 2.75) is 13.0 Å². The highest BCUT2D eigenvalue weighted by molar-refractivity contribution is 6.10. The van der Waals surface area contributed by atoms with Crippen LogP contribution in [0.2, 0.25) is 0 Å². The van der Waals surface area contributed by atoms with Gasteiger partial charge in [-0.2, -0.15) is 0 Å². The first-order valence-electron chi connectivity index (χ1n) is 8.44. The molecule has 0 atom stereocenters. The summed E-state index contributed by atoms with van der Waals surface area (Å²) in [6.07, 6.45) is 4.07. The van der Waals surface area contributed by atoms with Crippen molar-refractivity contribution in [1.29, 1.82) is 0 Å². The first-order valence-corrected chi connectivity index (χ1v) is 8.44. The molecule has 0 aliphatic heterocycles. The maximum atomic E-state index is 13.0. The third-order valence-corrected chi connectivity index (χ3v) is 4.41. The Balaban J connectivity index is 1.63. The summed E-state index contributed by atoms with van der Waals surface area (Å²) >= 11 is 0. The molecule has 0 radical (unpaired) electrons. The van der Waals surface area contributed by atoms with Crippen LogP contribution in [-0.4, -0.2) is 15.3 Å². The number of carbonyl (C=O) groups excluding carboxylic acids is 1. The van der Waals surface area contributed by atoms with E-state index >= 15 is 0 Å². The molecule has 0 spiro atoms. The molecule has 5 nitrogen and oxygen atoms in total. The zero-order valence-corrected chi connectivity index (χ0v) is 14.3. The number of hydrogen-bond donors (Lipinski definition) is 0. The molecule has 0 unspecified atom stereocenters. The molecule has 27 heavy (non-hydrogen) atoms. The third kappa shape index (κ3) is 3.42. The Labute approximate surface area is 153 Å². The van der Waals surface area contributed by atoms with Gasteiger partial charge in [0.2, 0.25) is 0 Å². The van der Waals surface area contributed by atoms with Crippen molar-refractivity contribution in [2.75, 3.05) is 0 Å². The molecule has 0 aliphatic rings. The van der Waals surface area contributed by atoms with Crippen molar-refractivity contribution >= 4 is 16.9 Å². The normalized spacial score (nSPS) is 11.0. The van der Waals surface area contributed by atoms with Gasteiger partial charge in [-0.1, -0.05) is 0 Å². The number of ketones is 1. The van der Waals surface area contributed by atoms with E-state index in [1.165, 1.54) is 24.3 Å². The van der Waals surface area contributed by atoms with Crippen molar-refractivity contribution in [1.82, 2.24) is 9.55 Å². The molecule has 4 aromatic rings. The molecular weight excluding hydrogens is 347 g/mol. The Kier molecular flexibility index (Phi) is 4.38. The molecule has 0 saturated carbocycles. The van der Waals surface area contributed by atoms with Gasteiger partial charge in [0.05, 0.1) is 5.52 Å². The van der Waals surface area contributed by atoms with E-state index in [-0.39, 0.29) is 5.78 Å². The Morgan fingerprint density at radius 1 is 1.00 bits per heavy atom. The monoisotopic (exact) mass is 362 g/mol. The summed E-state index contributed by atoms with van der Waals surface area (Å²) in [5.74, 6) is -1.13. The zero-order chi connectivity index (χ0) is 18.8. The lowest BCUT2D eigenvalue weighted by Gasteiger charge is -2.04. The molecule has 2 heterocycles. The predicted octanol–water partition coefficient (Wildman–Crippen LogP) is 3.60. The van der Waals surface area contributed by atoms with E-state index in [0.29, 0.717) is 35.2 Å². The topological polar surface area (TPSA) is 65.1 Å². The standard InChI is InChI=1S/C21H15FN2O3/c22-17-4-1-15(2-5-17)20(25)16-3-6-18-19(13-16)27-21(26)24(18)12-9-14-7-10-23-11-8-14/h1-8,10-11,13H,9,12H2. The van der Waals surface area contributed by atoms with Crippen molar-refractivity contribution < 1.29 is 13.6 Å². The van der Waals surface area contributed by atoms with E-state index in [1.54, 1.807) is 35.2 Å². The Bertz CT molecular complexity index is 1160. The summed E-state index contributed by atoms with van der Waals surface area (Å²) in [5.41, 5.74) is 2.79. The van der Waals surface area contributed by atoms with Gasteiger partial charge in [-0.25, -0.2) is 9.18 Å². The van der Waals surface area contributed by atoms with E-state index in [1.807, 2.05) is 12.1 Å². The van der Waals surface area contributed by atoms with Crippen molar-refractivity contribution in [3.63, 3.8) is 0 Å². The van der Waals surface area contributed by atoms with Gasteiger partial charge in [0, 0.05) is 30.1 Å². The molecule has 2 aromatic heterocycles. The van der Waals surface area contributed by atoms with Crippen molar-refractivity contribution in [3.05, 3.63) is 100 Å². The van der Waals surface area contributed by atoms with E-state index < -0.39 is 11.6 Å². The lowest BCUT2D eigenvalue weighted by molar-refractivity contribution is 0.103. The number of nitrogens with zero attached hydrogens (tertiary/aromatic N) is 2. The second kappa shape index (κ2) is 6.99. The summed E-state index contributed by atoms with van der Waals surface area (Å²) in [7, 11) is 0. The highest BCUT2D eigenvalue weighted by Gasteiger charge is 2.14. The maximum absolute atomic E-state index is 13.0. The number of rotatable bonds is 5. The number of fused-ring (bicyclic) bond motifs is 1. The number of aromatic nitrogens is 2. The van der Waals surface area contributed by atoms with Gasteiger partial charge in [-0.15, -0.1) is 0 Å². The third-order valence-electron chi connectivity index (χ3n) is 4.41. The first kappa shape index (κ1) is 16.9. The fourth-order valence-electron chi connectivity index (χ4n) is 2.98. The molecule has 0 bridgehead atoms. The van der Waals surface area contributed by atoms with E-state index in [4.69, 9.17) is 4.42 Å². The minimum atomic E-state index is -0.467. The average Bonchev–Trinajstić information content (AvgIpc) is 3.01. The van der Waals surface area contributed by atoms with E-state index in [2.05, 4.69) is 4.98 Å². The number of carbonyl (C=O) groups is 1. The number of hydrogen-bond acceptors (Lipinski definition) is 4. The van der Waals surface area contributed by atoms with Crippen LogP contribution in [0.1, 0.15) is 21.5 Å². The van der Waals surface area contributed by atoms with Crippen LogP contribution in [0.4, 0.5) is 4.39 Å². The predicted molar refractivity (Wildman–Crippen MR) is 98.2 cm³/mol. The minimum absolute atomic E-state index is 0.260. The number of pyridine rings is 1. The largest absolute Gasteiger partial charge is 0.419 e. The fourth-order valence-corrected chi connectivity index (χ4v) is 2.98. The van der Waals surface area contributed by atoms with Gasteiger partial charge in [0.1, 0.15) is 5.82 Å². The summed E-state index contributed by atoms with van der Waals surface area (Å²) in [5, 5.41) is 0. The van der Waals surface area contributed by atoms with Crippen LogP contribution < -0.4 is 5.76 Å². The van der Waals surface area contributed by atoms with Gasteiger partial charge < -0.3 is 4.42 Å². The summed E-state index contributed by atoms with van der Waals surface area (Å²) in [6.45, 7) is 0.459. The van der Waals surface area contributed by atoms with Crippen LogP contribution in [0.15, 0.2) is 76.2 Å². The number of benzene rings is 2. The van der Waals surface area contributed by atoms with Crippen LogP contribution in [0.25, 0.3) is 11.1 Å². The van der Waals surface area contributed by atoms with Gasteiger partial charge in [-0.05, 0) is 66.6 Å². The Morgan fingerprint density at radius 2 is 1.70 bits per heavy atom. The van der Waals surface area contributed by atoms with E-state index in [9.17, 15) is 14.0 Å². The Hall–Kier alpha value is -3.54. The van der Waals surface area contributed by atoms with Crippen molar-refractivity contribution in [2.24, 2.45) is 0 Å².